The number of carbonyl (C=O) groups is 2. The highest BCUT2D eigenvalue weighted by Gasteiger charge is 2.41. The largest absolute Gasteiger partial charge is 0.354 e. The molecule has 32 heavy (non-hydrogen) atoms. The van der Waals surface area contributed by atoms with Crippen LogP contribution in [-0.4, -0.2) is 49.2 Å². The fourth-order valence-corrected chi connectivity index (χ4v) is 6.44. The standard InChI is InChI=1S/C24H37N3O4S/c1-3-4-17-25-23(29)24(15-7-5-8-16-24)26-22(28)20-11-13-21(14-12-20)32(30,31)27-18-9-6-10-19(27)2/h11-14,19H,3-10,15-18H2,1-2H3,(H,25,29)(H,26,28). The van der Waals surface area contributed by atoms with Crippen LogP contribution in [0.25, 0.3) is 0 Å². The molecule has 1 aliphatic heterocycles. The van der Waals surface area contributed by atoms with E-state index in [1.165, 1.54) is 12.1 Å². The van der Waals surface area contributed by atoms with Gasteiger partial charge in [-0.3, -0.25) is 9.59 Å². The third-order valence-corrected chi connectivity index (χ3v) is 8.80. The van der Waals surface area contributed by atoms with Crippen molar-refractivity contribution in [2.75, 3.05) is 13.1 Å². The van der Waals surface area contributed by atoms with Gasteiger partial charge in [0.15, 0.2) is 0 Å². The maximum atomic E-state index is 13.0. The molecule has 0 spiro atoms. The molecule has 2 aliphatic rings. The Labute approximate surface area is 192 Å². The van der Waals surface area contributed by atoms with Gasteiger partial charge in [-0.25, -0.2) is 8.42 Å². The summed E-state index contributed by atoms with van der Waals surface area (Å²) in [7, 11) is -3.58. The van der Waals surface area contributed by atoms with E-state index in [2.05, 4.69) is 17.6 Å². The van der Waals surface area contributed by atoms with Crippen molar-refractivity contribution >= 4 is 21.8 Å². The number of carbonyl (C=O) groups excluding carboxylic acids is 2. The van der Waals surface area contributed by atoms with Crippen LogP contribution < -0.4 is 10.6 Å². The van der Waals surface area contributed by atoms with Gasteiger partial charge in [-0.15, -0.1) is 0 Å². The summed E-state index contributed by atoms with van der Waals surface area (Å²) >= 11 is 0. The van der Waals surface area contributed by atoms with Crippen LogP contribution in [0.5, 0.6) is 0 Å². The molecule has 1 aliphatic carbocycles. The van der Waals surface area contributed by atoms with Gasteiger partial charge >= 0.3 is 0 Å². The summed E-state index contributed by atoms with van der Waals surface area (Å²) in [5.74, 6) is -0.454. The third kappa shape index (κ3) is 5.52. The number of sulfonamides is 1. The number of piperidine rings is 1. The van der Waals surface area contributed by atoms with Crippen LogP contribution in [0.2, 0.25) is 0 Å². The van der Waals surface area contributed by atoms with Gasteiger partial charge in [0, 0.05) is 24.7 Å². The number of nitrogens with one attached hydrogen (secondary N) is 2. The number of unbranched alkanes of at least 4 members (excludes halogenated alkanes) is 1. The van der Waals surface area contributed by atoms with Crippen LogP contribution >= 0.6 is 0 Å². The molecule has 2 N–H and O–H groups in total. The Kier molecular flexibility index (Phi) is 8.33. The molecule has 0 radical (unpaired) electrons. The van der Waals surface area contributed by atoms with Gasteiger partial charge < -0.3 is 10.6 Å². The highest BCUT2D eigenvalue weighted by atomic mass is 32.2. The number of nitrogens with zero attached hydrogens (tertiary/aromatic N) is 1. The van der Waals surface area contributed by atoms with E-state index in [4.69, 9.17) is 0 Å². The first-order valence-electron chi connectivity index (χ1n) is 12.0. The van der Waals surface area contributed by atoms with Crippen molar-refractivity contribution in [1.29, 1.82) is 0 Å². The van der Waals surface area contributed by atoms with Gasteiger partial charge in [0.05, 0.1) is 4.90 Å². The molecule has 1 saturated carbocycles. The number of rotatable bonds is 8. The summed E-state index contributed by atoms with van der Waals surface area (Å²) < 4.78 is 27.6. The van der Waals surface area contributed by atoms with E-state index in [0.717, 1.165) is 51.4 Å². The van der Waals surface area contributed by atoms with Crippen molar-refractivity contribution in [3.63, 3.8) is 0 Å². The molecule has 3 rings (SSSR count). The van der Waals surface area contributed by atoms with Gasteiger partial charge in [0.2, 0.25) is 15.9 Å². The molecular weight excluding hydrogens is 426 g/mol. The zero-order valence-corrected chi connectivity index (χ0v) is 20.2. The molecule has 2 amide bonds. The van der Waals surface area contributed by atoms with E-state index in [1.807, 2.05) is 6.92 Å². The molecule has 8 heteroatoms. The molecule has 1 aromatic carbocycles. The van der Waals surface area contributed by atoms with Crippen LogP contribution in [-0.2, 0) is 14.8 Å². The summed E-state index contributed by atoms with van der Waals surface area (Å²) in [5.41, 5.74) is -0.529. The van der Waals surface area contributed by atoms with Crippen LogP contribution in [0.4, 0.5) is 0 Å². The van der Waals surface area contributed by atoms with Crippen molar-refractivity contribution in [3.8, 4) is 0 Å². The third-order valence-electron chi connectivity index (χ3n) is 6.78. The summed E-state index contributed by atoms with van der Waals surface area (Å²) in [6.07, 6.45) is 8.76. The number of amides is 2. The molecular formula is C24H37N3O4S. The molecule has 1 atom stereocenters. The molecule has 178 valence electrons. The van der Waals surface area contributed by atoms with Crippen LogP contribution in [0.3, 0.4) is 0 Å². The lowest BCUT2D eigenvalue weighted by molar-refractivity contribution is -0.128. The molecule has 1 unspecified atom stereocenters. The van der Waals surface area contributed by atoms with Crippen molar-refractivity contribution in [1.82, 2.24) is 14.9 Å². The monoisotopic (exact) mass is 463 g/mol. The molecule has 0 bridgehead atoms. The maximum absolute atomic E-state index is 13.0. The van der Waals surface area contributed by atoms with E-state index in [0.29, 0.717) is 31.5 Å². The molecule has 2 fully saturated rings. The fraction of sp³-hybridized carbons (Fsp3) is 0.667. The summed E-state index contributed by atoms with van der Waals surface area (Å²) in [4.78, 5) is 26.2. The number of benzene rings is 1. The van der Waals surface area contributed by atoms with Crippen molar-refractivity contribution in [2.45, 2.75) is 94.5 Å². The first-order valence-corrected chi connectivity index (χ1v) is 13.5. The predicted octanol–water partition coefficient (Wildman–Crippen LogP) is 3.60. The van der Waals surface area contributed by atoms with Gasteiger partial charge in [-0.05, 0) is 63.3 Å². The fourth-order valence-electron chi connectivity index (χ4n) is 4.74. The van der Waals surface area contributed by atoms with Gasteiger partial charge in [-0.1, -0.05) is 39.0 Å². The summed E-state index contributed by atoms with van der Waals surface area (Å²) in [5, 5.41) is 5.98. The van der Waals surface area contributed by atoms with Gasteiger partial charge in [0.25, 0.3) is 5.91 Å². The van der Waals surface area contributed by atoms with E-state index >= 15 is 0 Å². The zero-order valence-electron chi connectivity index (χ0n) is 19.4. The van der Waals surface area contributed by atoms with Crippen molar-refractivity contribution in [2.24, 2.45) is 0 Å². The van der Waals surface area contributed by atoms with E-state index in [1.54, 1.807) is 16.4 Å². The van der Waals surface area contributed by atoms with Crippen LogP contribution in [0, 0.1) is 0 Å². The Morgan fingerprint density at radius 1 is 1.06 bits per heavy atom. The Hall–Kier alpha value is -1.93. The second-order valence-corrected chi connectivity index (χ2v) is 11.1. The Morgan fingerprint density at radius 2 is 1.75 bits per heavy atom. The topological polar surface area (TPSA) is 95.6 Å². The lowest BCUT2D eigenvalue weighted by atomic mass is 9.80. The molecule has 0 aromatic heterocycles. The van der Waals surface area contributed by atoms with Crippen molar-refractivity contribution in [3.05, 3.63) is 29.8 Å². The highest BCUT2D eigenvalue weighted by molar-refractivity contribution is 7.89. The summed E-state index contributed by atoms with van der Waals surface area (Å²) in [6, 6.07) is 6.07. The van der Waals surface area contributed by atoms with E-state index in [9.17, 15) is 18.0 Å². The molecule has 7 nitrogen and oxygen atoms in total. The minimum Gasteiger partial charge on any atom is -0.354 e. The minimum absolute atomic E-state index is 0.0193. The quantitative estimate of drug-likeness (QED) is 0.576. The van der Waals surface area contributed by atoms with Gasteiger partial charge in [0.1, 0.15) is 5.54 Å². The maximum Gasteiger partial charge on any atom is 0.252 e. The second kappa shape index (κ2) is 10.8. The average Bonchev–Trinajstić information content (AvgIpc) is 2.80. The summed E-state index contributed by atoms with van der Waals surface area (Å²) in [6.45, 7) is 5.14. The Balaban J connectivity index is 1.73. The lowest BCUT2D eigenvalue weighted by Crippen LogP contribution is -2.59. The minimum atomic E-state index is -3.58. The molecule has 1 heterocycles. The predicted molar refractivity (Wildman–Crippen MR) is 125 cm³/mol. The zero-order chi connectivity index (χ0) is 23.2. The smallest absolute Gasteiger partial charge is 0.252 e. The van der Waals surface area contributed by atoms with Gasteiger partial charge in [-0.2, -0.15) is 4.31 Å². The van der Waals surface area contributed by atoms with Crippen LogP contribution in [0.15, 0.2) is 29.2 Å². The van der Waals surface area contributed by atoms with E-state index in [-0.39, 0.29) is 22.8 Å². The number of hydrogen-bond donors (Lipinski definition) is 2. The Morgan fingerprint density at radius 3 is 2.38 bits per heavy atom. The number of hydrogen-bond acceptors (Lipinski definition) is 4. The highest BCUT2D eigenvalue weighted by Crippen LogP contribution is 2.29. The first kappa shape index (κ1) is 24.7. The lowest BCUT2D eigenvalue weighted by Gasteiger charge is -2.36. The Bertz CT molecular complexity index is 892. The molecule has 1 aromatic rings. The normalized spacial score (nSPS) is 21.6. The average molecular weight is 464 g/mol. The van der Waals surface area contributed by atoms with Crippen LogP contribution in [0.1, 0.15) is 88.4 Å². The molecule has 1 saturated heterocycles. The van der Waals surface area contributed by atoms with E-state index < -0.39 is 15.6 Å². The SMILES string of the molecule is CCCCNC(=O)C1(NC(=O)c2ccc(S(=O)(=O)N3CCCCC3C)cc2)CCCCC1. The first-order chi connectivity index (χ1) is 15.3. The second-order valence-electron chi connectivity index (χ2n) is 9.19. The van der Waals surface area contributed by atoms with Crippen molar-refractivity contribution < 1.29 is 18.0 Å².